The molecule has 0 fully saturated rings. The Balaban J connectivity index is 1.56. The van der Waals surface area contributed by atoms with Crippen molar-refractivity contribution in [2.75, 3.05) is 5.32 Å². The summed E-state index contributed by atoms with van der Waals surface area (Å²) < 4.78 is 1.90. The predicted octanol–water partition coefficient (Wildman–Crippen LogP) is 4.89. The molecular formula is C29H28N4O2. The number of aryl methyl sites for hydroxylation is 2. The van der Waals surface area contributed by atoms with Crippen molar-refractivity contribution in [1.82, 2.24) is 9.78 Å². The lowest BCUT2D eigenvalue weighted by Crippen LogP contribution is -2.13. The molecule has 6 nitrogen and oxygen atoms in total. The highest BCUT2D eigenvalue weighted by molar-refractivity contribution is 6.02. The van der Waals surface area contributed by atoms with Crippen LogP contribution in [0.2, 0.25) is 0 Å². The van der Waals surface area contributed by atoms with Crippen LogP contribution < -0.4 is 11.1 Å². The molecule has 0 aliphatic heterocycles. The second kappa shape index (κ2) is 10.7. The van der Waals surface area contributed by atoms with Gasteiger partial charge < -0.3 is 11.1 Å². The predicted molar refractivity (Wildman–Crippen MR) is 140 cm³/mol. The zero-order valence-corrected chi connectivity index (χ0v) is 19.9. The summed E-state index contributed by atoms with van der Waals surface area (Å²) in [6.07, 6.45) is 5.42. The van der Waals surface area contributed by atoms with Gasteiger partial charge in [0.05, 0.1) is 18.7 Å². The van der Waals surface area contributed by atoms with Gasteiger partial charge in [-0.1, -0.05) is 54.6 Å². The summed E-state index contributed by atoms with van der Waals surface area (Å²) in [6.45, 7) is 4.80. The Kier molecular flexibility index (Phi) is 7.21. The van der Waals surface area contributed by atoms with Gasteiger partial charge in [0.2, 0.25) is 11.8 Å². The third-order valence-corrected chi connectivity index (χ3v) is 5.77. The number of carbonyl (C=O) groups excluding carboxylic acids is 2. The number of benzene rings is 3. The van der Waals surface area contributed by atoms with Gasteiger partial charge in [-0.15, -0.1) is 0 Å². The number of anilines is 1. The number of primary amides is 1. The van der Waals surface area contributed by atoms with Gasteiger partial charge in [0.1, 0.15) is 0 Å². The van der Waals surface area contributed by atoms with E-state index in [9.17, 15) is 9.59 Å². The quantitative estimate of drug-likeness (QED) is 0.364. The molecule has 4 rings (SSSR count). The van der Waals surface area contributed by atoms with E-state index in [4.69, 9.17) is 10.8 Å². The van der Waals surface area contributed by atoms with E-state index in [-0.39, 0.29) is 12.3 Å². The minimum atomic E-state index is -0.392. The molecule has 0 saturated heterocycles. The SMILES string of the molecule is Cc1ccc(-c2nn(Cc3ccccc3)cc2/C=C/C(=O)Nc2ccc(CC(N)=O)cc2)cc1C. The monoisotopic (exact) mass is 464 g/mol. The fourth-order valence-electron chi connectivity index (χ4n) is 3.78. The lowest BCUT2D eigenvalue weighted by molar-refractivity contribution is -0.117. The van der Waals surface area contributed by atoms with Gasteiger partial charge in [-0.05, 0) is 60.4 Å². The van der Waals surface area contributed by atoms with Crippen LogP contribution in [0.1, 0.15) is 27.8 Å². The molecule has 0 unspecified atom stereocenters. The van der Waals surface area contributed by atoms with Crippen molar-refractivity contribution < 1.29 is 9.59 Å². The van der Waals surface area contributed by atoms with Crippen molar-refractivity contribution in [2.24, 2.45) is 5.73 Å². The first-order valence-electron chi connectivity index (χ1n) is 11.4. The summed E-state index contributed by atoms with van der Waals surface area (Å²) in [5.41, 5.74) is 12.9. The van der Waals surface area contributed by atoms with Gasteiger partial charge in [0.15, 0.2) is 0 Å². The number of rotatable bonds is 8. The Morgan fingerprint density at radius 3 is 2.37 bits per heavy atom. The minimum absolute atomic E-state index is 0.169. The van der Waals surface area contributed by atoms with E-state index >= 15 is 0 Å². The van der Waals surface area contributed by atoms with Crippen LogP contribution in [0.25, 0.3) is 17.3 Å². The number of nitrogens with zero attached hydrogens (tertiary/aromatic N) is 2. The van der Waals surface area contributed by atoms with Gasteiger partial charge in [0.25, 0.3) is 0 Å². The highest BCUT2D eigenvalue weighted by atomic mass is 16.1. The first kappa shape index (κ1) is 23.7. The first-order chi connectivity index (χ1) is 16.9. The molecule has 6 heteroatoms. The van der Waals surface area contributed by atoms with Crippen LogP contribution in [0.4, 0.5) is 5.69 Å². The summed E-state index contributed by atoms with van der Waals surface area (Å²) in [5.74, 6) is -0.647. The topological polar surface area (TPSA) is 90.0 Å². The molecule has 0 aliphatic carbocycles. The maximum absolute atomic E-state index is 12.6. The molecular weight excluding hydrogens is 436 g/mol. The van der Waals surface area contributed by atoms with E-state index < -0.39 is 5.91 Å². The lowest BCUT2D eigenvalue weighted by Gasteiger charge is -2.05. The molecule has 1 aromatic heterocycles. The molecule has 0 saturated carbocycles. The van der Waals surface area contributed by atoms with Crippen LogP contribution in [-0.2, 0) is 22.6 Å². The number of amides is 2. The fraction of sp³-hybridized carbons (Fsp3) is 0.138. The number of hydrogen-bond donors (Lipinski definition) is 2. The minimum Gasteiger partial charge on any atom is -0.369 e. The van der Waals surface area contributed by atoms with Crippen molar-refractivity contribution in [1.29, 1.82) is 0 Å². The summed E-state index contributed by atoms with van der Waals surface area (Å²) in [7, 11) is 0. The number of aromatic nitrogens is 2. The van der Waals surface area contributed by atoms with Crippen molar-refractivity contribution in [3.8, 4) is 11.3 Å². The molecule has 0 aliphatic rings. The standard InChI is InChI=1S/C29H28N4O2/c1-20-8-11-24(16-21(20)2)29-25(19-33(32-29)18-23-6-4-3-5-7-23)12-15-28(35)31-26-13-9-22(10-14-26)17-27(30)34/h3-16,19H,17-18H2,1-2H3,(H2,30,34)(H,31,35)/b15-12+. The van der Waals surface area contributed by atoms with Crippen molar-refractivity contribution in [3.63, 3.8) is 0 Å². The number of carbonyl (C=O) groups is 2. The van der Waals surface area contributed by atoms with Gasteiger partial charge >= 0.3 is 0 Å². The van der Waals surface area contributed by atoms with E-state index in [2.05, 4.69) is 49.5 Å². The average Bonchev–Trinajstić information content (AvgIpc) is 3.23. The molecule has 3 N–H and O–H groups in total. The molecule has 0 radical (unpaired) electrons. The summed E-state index contributed by atoms with van der Waals surface area (Å²) in [6, 6.07) is 23.5. The van der Waals surface area contributed by atoms with Crippen LogP contribution in [0.5, 0.6) is 0 Å². The van der Waals surface area contributed by atoms with Crippen molar-refractivity contribution in [2.45, 2.75) is 26.8 Å². The molecule has 0 bridgehead atoms. The molecule has 0 spiro atoms. The molecule has 176 valence electrons. The second-order valence-electron chi connectivity index (χ2n) is 8.58. The molecule has 4 aromatic rings. The molecule has 3 aromatic carbocycles. The summed E-state index contributed by atoms with van der Waals surface area (Å²) in [5, 5.41) is 7.68. The number of nitrogens with one attached hydrogen (secondary N) is 1. The largest absolute Gasteiger partial charge is 0.369 e. The highest BCUT2D eigenvalue weighted by Gasteiger charge is 2.11. The Morgan fingerprint density at radius 1 is 0.943 bits per heavy atom. The van der Waals surface area contributed by atoms with E-state index in [1.165, 1.54) is 17.2 Å². The van der Waals surface area contributed by atoms with E-state index in [0.29, 0.717) is 12.2 Å². The second-order valence-corrected chi connectivity index (χ2v) is 8.58. The van der Waals surface area contributed by atoms with E-state index in [0.717, 1.165) is 27.9 Å². The Morgan fingerprint density at radius 2 is 1.69 bits per heavy atom. The highest BCUT2D eigenvalue weighted by Crippen LogP contribution is 2.26. The Hall–Kier alpha value is -4.45. The number of hydrogen-bond acceptors (Lipinski definition) is 3. The Labute approximate surface area is 205 Å². The first-order valence-corrected chi connectivity index (χ1v) is 11.4. The molecule has 35 heavy (non-hydrogen) atoms. The lowest BCUT2D eigenvalue weighted by atomic mass is 10.0. The van der Waals surface area contributed by atoms with Crippen LogP contribution >= 0.6 is 0 Å². The van der Waals surface area contributed by atoms with Gasteiger partial charge in [-0.25, -0.2) is 0 Å². The smallest absolute Gasteiger partial charge is 0.248 e. The van der Waals surface area contributed by atoms with Crippen LogP contribution in [0, 0.1) is 13.8 Å². The fourth-order valence-corrected chi connectivity index (χ4v) is 3.78. The zero-order valence-electron chi connectivity index (χ0n) is 19.9. The average molecular weight is 465 g/mol. The van der Waals surface area contributed by atoms with Crippen LogP contribution in [0.15, 0.2) is 85.1 Å². The summed E-state index contributed by atoms with van der Waals surface area (Å²) >= 11 is 0. The van der Waals surface area contributed by atoms with Crippen molar-refractivity contribution in [3.05, 3.63) is 113 Å². The van der Waals surface area contributed by atoms with Crippen LogP contribution in [-0.4, -0.2) is 21.6 Å². The van der Waals surface area contributed by atoms with E-state index in [1.807, 2.05) is 29.1 Å². The zero-order chi connectivity index (χ0) is 24.8. The van der Waals surface area contributed by atoms with Crippen LogP contribution in [0.3, 0.4) is 0 Å². The molecule has 1 heterocycles. The Bertz CT molecular complexity index is 1370. The third-order valence-electron chi connectivity index (χ3n) is 5.77. The maximum Gasteiger partial charge on any atom is 0.248 e. The maximum atomic E-state index is 12.6. The normalized spacial score (nSPS) is 11.0. The van der Waals surface area contributed by atoms with Gasteiger partial charge in [0, 0.05) is 29.1 Å². The molecule has 0 atom stereocenters. The summed E-state index contributed by atoms with van der Waals surface area (Å²) in [4.78, 5) is 23.7. The molecule has 2 amide bonds. The van der Waals surface area contributed by atoms with Gasteiger partial charge in [-0.3, -0.25) is 14.3 Å². The van der Waals surface area contributed by atoms with E-state index in [1.54, 1.807) is 30.3 Å². The number of nitrogens with two attached hydrogens (primary N) is 1. The van der Waals surface area contributed by atoms with Gasteiger partial charge in [-0.2, -0.15) is 5.10 Å². The van der Waals surface area contributed by atoms with Crippen molar-refractivity contribution >= 4 is 23.6 Å². The third kappa shape index (κ3) is 6.32.